The molecule has 0 saturated heterocycles. The van der Waals surface area contributed by atoms with Gasteiger partial charge in [-0.05, 0) is 61.8 Å². The maximum Gasteiger partial charge on any atom is 0.258 e. The van der Waals surface area contributed by atoms with Gasteiger partial charge in [0.25, 0.3) is 5.89 Å². The molecule has 2 bridgehead atoms. The van der Waals surface area contributed by atoms with E-state index in [4.69, 9.17) is 9.51 Å². The van der Waals surface area contributed by atoms with Crippen molar-refractivity contribution in [2.45, 2.75) is 57.5 Å². The van der Waals surface area contributed by atoms with Crippen LogP contribution in [-0.4, -0.2) is 35.4 Å². The van der Waals surface area contributed by atoms with Crippen LogP contribution in [0.2, 0.25) is 0 Å². The van der Waals surface area contributed by atoms with E-state index in [1.54, 1.807) is 32.3 Å². The number of aromatic nitrogens is 6. The normalized spacial score (nSPS) is 22.1. The highest BCUT2D eigenvalue weighted by molar-refractivity contribution is 5.64. The second kappa shape index (κ2) is 7.42. The summed E-state index contributed by atoms with van der Waals surface area (Å²) in [4.78, 5) is 13.6. The Kier molecular flexibility index (Phi) is 4.70. The molecule has 2 aliphatic rings. The first kappa shape index (κ1) is 22.8. The lowest BCUT2D eigenvalue weighted by Gasteiger charge is -2.37. The zero-order chi connectivity index (χ0) is 25.5. The van der Waals surface area contributed by atoms with E-state index in [0.29, 0.717) is 11.4 Å². The van der Waals surface area contributed by atoms with Crippen molar-refractivity contribution >= 4 is 0 Å². The van der Waals surface area contributed by atoms with Gasteiger partial charge in [-0.2, -0.15) is 10.1 Å². The summed E-state index contributed by atoms with van der Waals surface area (Å²) in [7, 11) is 0. The summed E-state index contributed by atoms with van der Waals surface area (Å²) in [6, 6.07) is 5.53. The molecule has 0 unspecified atom stereocenters. The molecule has 1 N–H and O–H groups in total. The number of hydrogen-bond acceptors (Lipinski definition) is 8. The Morgan fingerprint density at radius 2 is 1.81 bits per heavy atom. The standard InChI is InChI=1S/C26H24F2N6O2/c1-24(2)14-8-9-26(24,19-12-29-11-18(30-19)22-31-23(36-34-22)25(3,4)35)21-13(14)10-17(32-33-21)20-15(27)6-5-7-16(20)28/h5-7,10-12,14,35H,8-9H2,1-4H3/t14-,26-/m0/s1. The molecule has 184 valence electrons. The SMILES string of the molecule is CC(C)(O)c1nc(-c2cncc([C@@]34CC[C@@H](c5cc(-c6c(F)cccc6F)nnc53)C4(C)C)n2)no1. The Bertz CT molecular complexity index is 1490. The highest BCUT2D eigenvalue weighted by Gasteiger charge is 2.65. The van der Waals surface area contributed by atoms with Crippen LogP contribution in [0, 0.1) is 17.0 Å². The molecule has 2 aliphatic carbocycles. The largest absolute Gasteiger partial charge is 0.381 e. The predicted octanol–water partition coefficient (Wildman–Crippen LogP) is 4.69. The molecule has 1 aromatic carbocycles. The summed E-state index contributed by atoms with van der Waals surface area (Å²) in [5.41, 5.74) is 0.586. The molecule has 3 heterocycles. The Labute approximate surface area is 205 Å². The minimum Gasteiger partial charge on any atom is -0.381 e. The van der Waals surface area contributed by atoms with Crippen molar-refractivity contribution in [2.24, 2.45) is 5.41 Å². The van der Waals surface area contributed by atoms with Gasteiger partial charge in [0.05, 0.1) is 34.3 Å². The smallest absolute Gasteiger partial charge is 0.258 e. The number of benzene rings is 1. The number of fused-ring (bicyclic) bond motifs is 5. The second-order valence-corrected chi connectivity index (χ2v) is 10.6. The number of aliphatic hydroxyl groups is 1. The molecule has 0 radical (unpaired) electrons. The molecule has 36 heavy (non-hydrogen) atoms. The van der Waals surface area contributed by atoms with Gasteiger partial charge in [-0.15, -0.1) is 5.10 Å². The van der Waals surface area contributed by atoms with Crippen LogP contribution in [0.3, 0.4) is 0 Å². The Balaban J connectivity index is 1.48. The van der Waals surface area contributed by atoms with Crippen molar-refractivity contribution in [1.29, 1.82) is 0 Å². The fourth-order valence-corrected chi connectivity index (χ4v) is 6.01. The molecule has 10 heteroatoms. The fourth-order valence-electron chi connectivity index (χ4n) is 6.01. The van der Waals surface area contributed by atoms with Gasteiger partial charge in [0.1, 0.15) is 22.9 Å². The van der Waals surface area contributed by atoms with E-state index in [1.165, 1.54) is 18.2 Å². The monoisotopic (exact) mass is 490 g/mol. The van der Waals surface area contributed by atoms with Gasteiger partial charge in [-0.3, -0.25) is 4.98 Å². The molecule has 6 rings (SSSR count). The van der Waals surface area contributed by atoms with Gasteiger partial charge in [0, 0.05) is 6.20 Å². The van der Waals surface area contributed by atoms with E-state index in [1.807, 2.05) is 0 Å². The van der Waals surface area contributed by atoms with Gasteiger partial charge in [0.2, 0.25) is 5.82 Å². The Morgan fingerprint density at radius 1 is 1.06 bits per heavy atom. The van der Waals surface area contributed by atoms with Crippen LogP contribution in [0.15, 0.2) is 41.2 Å². The number of rotatable bonds is 4. The maximum absolute atomic E-state index is 14.5. The van der Waals surface area contributed by atoms with E-state index in [-0.39, 0.29) is 34.3 Å². The van der Waals surface area contributed by atoms with Crippen LogP contribution >= 0.6 is 0 Å². The summed E-state index contributed by atoms with van der Waals surface area (Å²) in [6.07, 6.45) is 4.90. The number of hydrogen-bond donors (Lipinski definition) is 1. The van der Waals surface area contributed by atoms with Crippen molar-refractivity contribution in [1.82, 2.24) is 30.3 Å². The molecule has 0 aliphatic heterocycles. The van der Waals surface area contributed by atoms with E-state index in [0.717, 1.165) is 24.1 Å². The lowest BCUT2D eigenvalue weighted by molar-refractivity contribution is 0.0420. The van der Waals surface area contributed by atoms with Crippen LogP contribution in [0.4, 0.5) is 8.78 Å². The zero-order valence-corrected chi connectivity index (χ0v) is 20.3. The van der Waals surface area contributed by atoms with Crippen molar-refractivity contribution < 1.29 is 18.4 Å². The van der Waals surface area contributed by atoms with Crippen LogP contribution < -0.4 is 0 Å². The molecule has 2 atom stereocenters. The summed E-state index contributed by atoms with van der Waals surface area (Å²) < 4.78 is 34.2. The van der Waals surface area contributed by atoms with E-state index < -0.39 is 22.7 Å². The summed E-state index contributed by atoms with van der Waals surface area (Å²) in [6.45, 7) is 7.43. The van der Waals surface area contributed by atoms with Crippen LogP contribution in [0.5, 0.6) is 0 Å². The van der Waals surface area contributed by atoms with Gasteiger partial charge in [-0.1, -0.05) is 25.1 Å². The molecule has 4 aromatic rings. The van der Waals surface area contributed by atoms with Crippen molar-refractivity contribution in [2.75, 3.05) is 0 Å². The van der Waals surface area contributed by atoms with Crippen molar-refractivity contribution in [3.8, 4) is 22.8 Å². The second-order valence-electron chi connectivity index (χ2n) is 10.6. The highest BCUT2D eigenvalue weighted by Crippen LogP contribution is 2.69. The minimum absolute atomic E-state index is 0.0779. The number of nitrogens with zero attached hydrogens (tertiary/aromatic N) is 6. The predicted molar refractivity (Wildman–Crippen MR) is 124 cm³/mol. The fraction of sp³-hybridized carbons (Fsp3) is 0.385. The first-order valence-corrected chi connectivity index (χ1v) is 11.8. The van der Waals surface area contributed by atoms with Crippen molar-refractivity contribution in [3.05, 3.63) is 71.1 Å². The van der Waals surface area contributed by atoms with Gasteiger partial charge in [0.15, 0.2) is 0 Å². The third-order valence-corrected chi connectivity index (χ3v) is 7.85. The third-order valence-electron chi connectivity index (χ3n) is 7.85. The quantitative estimate of drug-likeness (QED) is 0.439. The number of halogens is 2. The molecule has 0 spiro atoms. The summed E-state index contributed by atoms with van der Waals surface area (Å²) >= 11 is 0. The van der Waals surface area contributed by atoms with Gasteiger partial charge < -0.3 is 9.63 Å². The van der Waals surface area contributed by atoms with Crippen LogP contribution in [-0.2, 0) is 11.0 Å². The molecular formula is C26H24F2N6O2. The lowest BCUT2D eigenvalue weighted by Crippen LogP contribution is -2.38. The molecule has 0 amide bonds. The molecule has 1 fully saturated rings. The first-order valence-electron chi connectivity index (χ1n) is 11.8. The molecule has 8 nitrogen and oxygen atoms in total. The molecule has 1 saturated carbocycles. The first-order chi connectivity index (χ1) is 17.0. The molecule has 3 aromatic heterocycles. The topological polar surface area (TPSA) is 111 Å². The summed E-state index contributed by atoms with van der Waals surface area (Å²) in [5, 5.41) is 23.0. The molecular weight excluding hydrogens is 466 g/mol. The summed E-state index contributed by atoms with van der Waals surface area (Å²) in [5.74, 6) is -0.945. The van der Waals surface area contributed by atoms with E-state index in [2.05, 4.69) is 39.2 Å². The van der Waals surface area contributed by atoms with E-state index in [9.17, 15) is 13.9 Å². The average molecular weight is 491 g/mol. The van der Waals surface area contributed by atoms with Gasteiger partial charge >= 0.3 is 0 Å². The average Bonchev–Trinajstić information content (AvgIpc) is 3.48. The van der Waals surface area contributed by atoms with Crippen molar-refractivity contribution in [3.63, 3.8) is 0 Å². The maximum atomic E-state index is 14.5. The third kappa shape index (κ3) is 3.00. The Morgan fingerprint density at radius 3 is 2.50 bits per heavy atom. The zero-order valence-electron chi connectivity index (χ0n) is 20.3. The minimum atomic E-state index is -1.29. The Hall–Kier alpha value is -3.66. The highest BCUT2D eigenvalue weighted by atomic mass is 19.1. The van der Waals surface area contributed by atoms with Gasteiger partial charge in [-0.25, -0.2) is 13.8 Å². The lowest BCUT2D eigenvalue weighted by atomic mass is 9.66. The van der Waals surface area contributed by atoms with Crippen LogP contribution in [0.25, 0.3) is 22.8 Å². The van der Waals surface area contributed by atoms with Crippen LogP contribution in [0.1, 0.15) is 69.3 Å². The van der Waals surface area contributed by atoms with E-state index >= 15 is 0 Å².